The van der Waals surface area contributed by atoms with E-state index in [2.05, 4.69) is 0 Å². The van der Waals surface area contributed by atoms with Crippen molar-refractivity contribution >= 4 is 80.1 Å². The van der Waals surface area contributed by atoms with Crippen molar-refractivity contribution in [1.29, 1.82) is 0 Å². The minimum absolute atomic E-state index is 0.0403. The molecule has 0 fully saturated rings. The van der Waals surface area contributed by atoms with Gasteiger partial charge in [-0.15, -0.1) is 0 Å². The molecule has 0 saturated carbocycles. The predicted octanol–water partition coefficient (Wildman–Crippen LogP) is 6.48. The highest BCUT2D eigenvalue weighted by Gasteiger charge is 2.66. The van der Waals surface area contributed by atoms with Gasteiger partial charge >= 0.3 is 17.3 Å². The Kier molecular flexibility index (Phi) is 9.72. The van der Waals surface area contributed by atoms with Crippen LogP contribution in [-0.4, -0.2) is 50.9 Å². The fourth-order valence-corrected chi connectivity index (χ4v) is 31.1. The van der Waals surface area contributed by atoms with Crippen molar-refractivity contribution in [2.24, 2.45) is 0 Å². The molecule has 8 rings (SSSR count). The van der Waals surface area contributed by atoms with Crippen LogP contribution in [0.2, 0.25) is 0 Å². The number of sulfonamides is 4. The highest BCUT2D eigenvalue weighted by atomic mass is 32.2. The number of fused-ring (bicyclic) bond motifs is 2. The van der Waals surface area contributed by atoms with Crippen molar-refractivity contribution in [3.05, 3.63) is 168 Å². The van der Waals surface area contributed by atoms with Crippen molar-refractivity contribution in [2.75, 3.05) is 15.9 Å². The number of aryl methyl sites for hydroxylation is 4. The van der Waals surface area contributed by atoms with E-state index in [9.17, 15) is 0 Å². The number of para-hydroxylation sites is 4. The van der Waals surface area contributed by atoms with E-state index in [1.807, 2.05) is 0 Å². The number of hydrogen-bond acceptors (Lipinski definition) is 8. The zero-order valence-corrected chi connectivity index (χ0v) is 36.8. The second kappa shape index (κ2) is 14.2. The summed E-state index contributed by atoms with van der Waals surface area (Å²) in [6.07, 6.45) is 0. The van der Waals surface area contributed by atoms with Gasteiger partial charge in [-0.2, -0.15) is 0 Å². The molecule has 12 nitrogen and oxygen atoms in total. The van der Waals surface area contributed by atoms with Crippen LogP contribution >= 0.6 is 0 Å². The second-order valence-corrected chi connectivity index (χ2v) is 28.2. The Balaban J connectivity index is 1.50. The van der Waals surface area contributed by atoms with E-state index in [0.29, 0.717) is 0 Å². The van der Waals surface area contributed by atoms with Crippen LogP contribution in [0, 0.1) is 27.7 Å². The molecule has 0 aliphatic carbocycles. The summed E-state index contributed by atoms with van der Waals surface area (Å²) >= 11 is 0. The SMILES string of the molecule is Cc1ccc(S(=O)(=O)N2c3ccccc3N(S(=O)(=O)c3ccc(C)cc3)[Si]2[Si]2N(S(=O)(=O)c3ccc(C)cc3)c3ccccc3N2S(=O)(=O)c2ccc(C)cc2)cc1. The molecule has 0 bridgehead atoms. The summed E-state index contributed by atoms with van der Waals surface area (Å²) in [5.74, 6) is 0. The third-order valence-corrected chi connectivity index (χ3v) is 29.7. The summed E-state index contributed by atoms with van der Waals surface area (Å²) in [5, 5.41) is 0. The van der Waals surface area contributed by atoms with Gasteiger partial charge in [-0.3, -0.25) is 15.9 Å². The van der Waals surface area contributed by atoms with E-state index >= 15 is 33.7 Å². The highest BCUT2D eigenvalue weighted by Crippen LogP contribution is 2.51. The van der Waals surface area contributed by atoms with E-state index in [1.54, 1.807) is 100 Å². The van der Waals surface area contributed by atoms with Crippen LogP contribution < -0.4 is 15.9 Å². The highest BCUT2D eigenvalue weighted by molar-refractivity contribution is 8.02. The van der Waals surface area contributed by atoms with E-state index in [1.165, 1.54) is 72.8 Å². The molecule has 6 aromatic carbocycles. The Morgan fingerprint density at radius 2 is 0.466 bits per heavy atom. The van der Waals surface area contributed by atoms with E-state index in [4.69, 9.17) is 0 Å². The topological polar surface area (TPSA) is 150 Å². The van der Waals surface area contributed by atoms with Crippen LogP contribution in [0.3, 0.4) is 0 Å². The van der Waals surface area contributed by atoms with Gasteiger partial charge in [0.25, 0.3) is 40.1 Å². The molecule has 0 atom stereocenters. The number of rotatable bonds is 9. The molecule has 2 aliphatic heterocycles. The Morgan fingerprint density at radius 1 is 0.293 bits per heavy atom. The molecule has 0 aromatic heterocycles. The lowest BCUT2D eigenvalue weighted by molar-refractivity contribution is 0.594. The smallest absolute Gasteiger partial charge is 0.269 e. The maximum atomic E-state index is 15.3. The van der Waals surface area contributed by atoms with Crippen LogP contribution in [0.25, 0.3) is 0 Å². The molecular formula is C40H36N4O8S4Si2. The van der Waals surface area contributed by atoms with E-state index in [-0.39, 0.29) is 42.3 Å². The Labute approximate surface area is 342 Å². The first-order valence-electron chi connectivity index (χ1n) is 17.9. The Hall–Kier alpha value is -5.25. The quantitative estimate of drug-likeness (QED) is 0.150. The van der Waals surface area contributed by atoms with Crippen LogP contribution in [0.4, 0.5) is 22.7 Å². The van der Waals surface area contributed by atoms with Crippen molar-refractivity contribution in [2.45, 2.75) is 47.3 Å². The molecule has 18 heteroatoms. The van der Waals surface area contributed by atoms with Crippen molar-refractivity contribution < 1.29 is 33.7 Å². The first-order valence-corrected chi connectivity index (χ1v) is 27.4. The van der Waals surface area contributed by atoms with Gasteiger partial charge in [-0.1, -0.05) is 95.1 Å². The molecule has 2 radical (unpaired) electrons. The van der Waals surface area contributed by atoms with Gasteiger partial charge in [-0.05, 0) is 100 Å². The monoisotopic (exact) mass is 884 g/mol. The van der Waals surface area contributed by atoms with Gasteiger partial charge < -0.3 is 0 Å². The molecule has 0 saturated heterocycles. The molecule has 0 unspecified atom stereocenters. The fraction of sp³-hybridized carbons (Fsp3) is 0.100. The number of benzene rings is 6. The summed E-state index contributed by atoms with van der Waals surface area (Å²) in [6, 6.07) is 36.0. The Morgan fingerprint density at radius 3 is 0.638 bits per heavy atom. The zero-order valence-electron chi connectivity index (χ0n) is 31.5. The van der Waals surface area contributed by atoms with Crippen LogP contribution in [-0.2, 0) is 40.1 Å². The number of anilines is 4. The van der Waals surface area contributed by atoms with Crippen LogP contribution in [0.15, 0.2) is 165 Å². The molecule has 0 spiro atoms. The third-order valence-electron chi connectivity index (χ3n) is 9.84. The largest absolute Gasteiger partial charge is 0.364 e. The second-order valence-electron chi connectivity index (χ2n) is 14.0. The summed E-state index contributed by atoms with van der Waals surface area (Å²) in [6.45, 7) is 7.15. The molecule has 2 aliphatic rings. The lowest BCUT2D eigenvalue weighted by Crippen LogP contribution is -2.73. The lowest BCUT2D eigenvalue weighted by Gasteiger charge is -2.38. The number of hydrogen-bond donors (Lipinski definition) is 0. The van der Waals surface area contributed by atoms with E-state index < -0.39 is 57.4 Å². The normalized spacial score (nSPS) is 15.2. The molecule has 0 amide bonds. The number of nitrogens with zero attached hydrogens (tertiary/aromatic N) is 4. The standard InChI is InChI=1S/C40H36N4O8S4Si2/c1-29-13-21-33(22-14-29)53(45,46)41-37-9-5-6-10-38(37)42(54(47,48)34-23-15-30(2)16-24-34)57(41)58-43(55(49,50)35-25-17-31(3)18-26-35)39-11-7-8-12-40(39)44(58)56(51,52)36-27-19-32(4)20-28-36/h5-28H,1-4H3. The van der Waals surface area contributed by atoms with Crippen molar-refractivity contribution in [3.8, 4) is 0 Å². The molecule has 296 valence electrons. The maximum Gasteiger partial charge on any atom is 0.364 e. The van der Waals surface area contributed by atoms with Gasteiger partial charge in [0.1, 0.15) is 0 Å². The van der Waals surface area contributed by atoms with Crippen LogP contribution in [0.1, 0.15) is 22.3 Å². The van der Waals surface area contributed by atoms with Gasteiger partial charge in [0.15, 0.2) is 0 Å². The van der Waals surface area contributed by atoms with Gasteiger partial charge in [0.05, 0.1) is 42.3 Å². The van der Waals surface area contributed by atoms with Crippen LogP contribution in [0.5, 0.6) is 0 Å². The zero-order chi connectivity index (χ0) is 41.4. The lowest BCUT2D eigenvalue weighted by atomic mass is 10.2. The van der Waals surface area contributed by atoms with Gasteiger partial charge in [0, 0.05) is 0 Å². The first kappa shape index (κ1) is 39.6. The molecule has 2 heterocycles. The summed E-state index contributed by atoms with van der Waals surface area (Å²) in [7, 11) is -26.4. The van der Waals surface area contributed by atoms with Gasteiger partial charge in [0.2, 0.25) is 0 Å². The molecule has 58 heavy (non-hydrogen) atoms. The van der Waals surface area contributed by atoms with Crippen molar-refractivity contribution in [1.82, 2.24) is 0 Å². The molecule has 6 aromatic rings. The average Bonchev–Trinajstić information content (AvgIpc) is 3.74. The summed E-state index contributed by atoms with van der Waals surface area (Å²) in [5.41, 5.74) is 2.89. The predicted molar refractivity (Wildman–Crippen MR) is 228 cm³/mol. The third kappa shape index (κ3) is 6.34. The average molecular weight is 885 g/mol. The minimum Gasteiger partial charge on any atom is -0.269 e. The summed E-state index contributed by atoms with van der Waals surface area (Å²) < 4.78 is 127. The molecule has 0 N–H and O–H groups in total. The first-order chi connectivity index (χ1) is 27.5. The molecular weight excluding hydrogens is 849 g/mol. The summed E-state index contributed by atoms with van der Waals surface area (Å²) in [4.78, 5) is -0.763. The maximum absolute atomic E-state index is 15.3. The Bertz CT molecular complexity index is 2610. The fourth-order valence-electron chi connectivity index (χ4n) is 6.84. The van der Waals surface area contributed by atoms with Crippen molar-refractivity contribution in [3.63, 3.8) is 0 Å². The van der Waals surface area contributed by atoms with E-state index in [0.717, 1.165) is 38.1 Å². The minimum atomic E-state index is -4.75. The van der Waals surface area contributed by atoms with Gasteiger partial charge in [-0.25, -0.2) is 33.7 Å².